The van der Waals surface area contributed by atoms with Crippen molar-refractivity contribution in [2.24, 2.45) is 5.73 Å². The molecule has 0 aromatic rings. The van der Waals surface area contributed by atoms with Crippen molar-refractivity contribution < 1.29 is 13.9 Å². The molecule has 0 aliphatic rings. The van der Waals surface area contributed by atoms with Gasteiger partial charge in [-0.2, -0.15) is 0 Å². The predicted octanol–water partition coefficient (Wildman–Crippen LogP) is 0.916. The summed E-state index contributed by atoms with van der Waals surface area (Å²) in [5, 5.41) is 0. The van der Waals surface area contributed by atoms with Crippen LogP contribution in [-0.2, 0) is 9.53 Å². The van der Waals surface area contributed by atoms with E-state index in [2.05, 4.69) is 11.3 Å². The van der Waals surface area contributed by atoms with Crippen molar-refractivity contribution in [3.05, 3.63) is 24.3 Å². The predicted molar refractivity (Wildman–Crippen MR) is 44.0 cm³/mol. The van der Waals surface area contributed by atoms with Gasteiger partial charge < -0.3 is 10.5 Å². The SMILES string of the molecule is C=C/C=C(\CC(F)OC)C(N)=O. The minimum Gasteiger partial charge on any atom is -0.366 e. The van der Waals surface area contributed by atoms with Gasteiger partial charge in [-0.1, -0.05) is 18.7 Å². The van der Waals surface area contributed by atoms with Crippen LogP contribution in [0.3, 0.4) is 0 Å². The summed E-state index contributed by atoms with van der Waals surface area (Å²) < 4.78 is 16.9. The lowest BCUT2D eigenvalue weighted by molar-refractivity contribution is -0.115. The number of nitrogens with two attached hydrogens (primary N) is 1. The van der Waals surface area contributed by atoms with Gasteiger partial charge >= 0.3 is 0 Å². The van der Waals surface area contributed by atoms with Crippen molar-refractivity contribution in [3.8, 4) is 0 Å². The van der Waals surface area contributed by atoms with E-state index in [0.717, 1.165) is 0 Å². The Hall–Kier alpha value is -1.16. The highest BCUT2D eigenvalue weighted by atomic mass is 19.1. The molecule has 0 aliphatic heterocycles. The monoisotopic (exact) mass is 173 g/mol. The van der Waals surface area contributed by atoms with Crippen LogP contribution >= 0.6 is 0 Å². The first-order valence-electron chi connectivity index (χ1n) is 3.40. The van der Waals surface area contributed by atoms with E-state index in [9.17, 15) is 9.18 Å². The van der Waals surface area contributed by atoms with Crippen LogP contribution in [-0.4, -0.2) is 19.4 Å². The minimum absolute atomic E-state index is 0.141. The van der Waals surface area contributed by atoms with Crippen LogP contribution in [0.2, 0.25) is 0 Å². The number of primary amides is 1. The fraction of sp³-hybridized carbons (Fsp3) is 0.375. The van der Waals surface area contributed by atoms with Crippen molar-refractivity contribution in [2.45, 2.75) is 12.8 Å². The number of carbonyl (C=O) groups is 1. The van der Waals surface area contributed by atoms with Gasteiger partial charge in [-0.3, -0.25) is 4.79 Å². The van der Waals surface area contributed by atoms with Gasteiger partial charge in [-0.25, -0.2) is 4.39 Å². The van der Waals surface area contributed by atoms with E-state index in [0.29, 0.717) is 0 Å². The number of methoxy groups -OCH3 is 1. The number of carbonyl (C=O) groups excluding carboxylic acids is 1. The van der Waals surface area contributed by atoms with E-state index in [1.54, 1.807) is 0 Å². The lowest BCUT2D eigenvalue weighted by atomic mass is 10.1. The summed E-state index contributed by atoms with van der Waals surface area (Å²) in [5.41, 5.74) is 5.11. The maximum absolute atomic E-state index is 12.6. The Labute approximate surface area is 70.7 Å². The maximum Gasteiger partial charge on any atom is 0.244 e. The number of allylic oxidation sites excluding steroid dienone is 2. The van der Waals surface area contributed by atoms with Crippen LogP contribution in [0.15, 0.2) is 24.3 Å². The molecule has 68 valence electrons. The molecule has 1 unspecified atom stereocenters. The van der Waals surface area contributed by atoms with E-state index >= 15 is 0 Å². The van der Waals surface area contributed by atoms with Crippen LogP contribution in [0.25, 0.3) is 0 Å². The smallest absolute Gasteiger partial charge is 0.244 e. The molecule has 0 fully saturated rings. The number of alkyl halides is 1. The average molecular weight is 173 g/mol. The molecule has 12 heavy (non-hydrogen) atoms. The van der Waals surface area contributed by atoms with Crippen molar-refractivity contribution in [1.29, 1.82) is 0 Å². The molecule has 0 heterocycles. The van der Waals surface area contributed by atoms with Crippen LogP contribution in [0.4, 0.5) is 4.39 Å². The largest absolute Gasteiger partial charge is 0.366 e. The fourth-order valence-corrected chi connectivity index (χ4v) is 0.649. The molecule has 0 rings (SSSR count). The molecular formula is C8H12FNO2. The number of hydrogen-bond acceptors (Lipinski definition) is 2. The topological polar surface area (TPSA) is 52.3 Å². The third-order valence-electron chi connectivity index (χ3n) is 1.27. The molecule has 0 spiro atoms. The Bertz CT molecular complexity index is 201. The number of amides is 1. The van der Waals surface area contributed by atoms with Crippen molar-refractivity contribution >= 4 is 5.91 Å². The summed E-state index contributed by atoms with van der Waals surface area (Å²) in [4.78, 5) is 10.6. The Morgan fingerprint density at radius 3 is 2.75 bits per heavy atom. The van der Waals surface area contributed by atoms with Gasteiger partial charge in [0.2, 0.25) is 12.3 Å². The van der Waals surface area contributed by atoms with Crippen molar-refractivity contribution in [3.63, 3.8) is 0 Å². The molecule has 2 N–H and O–H groups in total. The number of rotatable bonds is 5. The van der Waals surface area contributed by atoms with Crippen molar-refractivity contribution in [2.75, 3.05) is 7.11 Å². The minimum atomic E-state index is -1.50. The first-order chi connectivity index (χ1) is 5.61. The zero-order valence-electron chi connectivity index (χ0n) is 6.92. The molecular weight excluding hydrogens is 161 g/mol. The second kappa shape index (κ2) is 5.49. The second-order valence-corrected chi connectivity index (χ2v) is 2.14. The highest BCUT2D eigenvalue weighted by Gasteiger charge is 2.11. The standard InChI is InChI=1S/C8H12FNO2/c1-3-4-6(8(10)11)5-7(9)12-2/h3-4,7H,1,5H2,2H3,(H2,10,11)/b6-4+. The average Bonchev–Trinajstić information content (AvgIpc) is 2.03. The number of halogens is 1. The summed E-state index contributed by atoms with van der Waals surface area (Å²) in [6.45, 7) is 3.37. The Morgan fingerprint density at radius 2 is 2.42 bits per heavy atom. The quantitative estimate of drug-likeness (QED) is 0.496. The molecule has 0 aliphatic carbocycles. The van der Waals surface area contributed by atoms with Crippen LogP contribution in [0.5, 0.6) is 0 Å². The summed E-state index contributed by atoms with van der Waals surface area (Å²) >= 11 is 0. The first kappa shape index (κ1) is 10.8. The second-order valence-electron chi connectivity index (χ2n) is 2.14. The fourth-order valence-electron chi connectivity index (χ4n) is 0.649. The molecule has 0 aromatic heterocycles. The lowest BCUT2D eigenvalue weighted by Crippen LogP contribution is -2.17. The molecule has 0 aromatic carbocycles. The Kier molecular flexibility index (Phi) is 4.96. The maximum atomic E-state index is 12.6. The Balaban J connectivity index is 4.24. The lowest BCUT2D eigenvalue weighted by Gasteiger charge is -2.05. The molecule has 1 atom stereocenters. The highest BCUT2D eigenvalue weighted by molar-refractivity contribution is 5.92. The zero-order valence-corrected chi connectivity index (χ0v) is 6.92. The highest BCUT2D eigenvalue weighted by Crippen LogP contribution is 2.08. The van der Waals surface area contributed by atoms with Gasteiger partial charge in [0, 0.05) is 19.1 Å². The van der Waals surface area contributed by atoms with Gasteiger partial charge in [0.25, 0.3) is 0 Å². The normalized spacial score (nSPS) is 14.0. The van der Waals surface area contributed by atoms with Gasteiger partial charge in [0.15, 0.2) is 0 Å². The van der Waals surface area contributed by atoms with Crippen LogP contribution < -0.4 is 5.73 Å². The van der Waals surface area contributed by atoms with Gasteiger partial charge in [0.1, 0.15) is 0 Å². The summed E-state index contributed by atoms with van der Waals surface area (Å²) in [5.74, 6) is -0.658. The number of ether oxygens (including phenoxy) is 1. The third-order valence-corrected chi connectivity index (χ3v) is 1.27. The molecule has 4 heteroatoms. The van der Waals surface area contributed by atoms with Crippen molar-refractivity contribution in [1.82, 2.24) is 0 Å². The van der Waals surface area contributed by atoms with Crippen LogP contribution in [0.1, 0.15) is 6.42 Å². The van der Waals surface area contributed by atoms with E-state index in [4.69, 9.17) is 5.73 Å². The summed E-state index contributed by atoms with van der Waals surface area (Å²) in [7, 11) is 1.22. The van der Waals surface area contributed by atoms with E-state index in [-0.39, 0.29) is 12.0 Å². The Morgan fingerprint density at radius 1 is 1.83 bits per heavy atom. The van der Waals surface area contributed by atoms with Gasteiger partial charge in [0.05, 0.1) is 0 Å². The molecule has 0 saturated heterocycles. The first-order valence-corrected chi connectivity index (χ1v) is 3.40. The molecule has 3 nitrogen and oxygen atoms in total. The zero-order chi connectivity index (χ0) is 9.56. The summed E-state index contributed by atoms with van der Waals surface area (Å²) in [6, 6.07) is 0. The van der Waals surface area contributed by atoms with E-state index in [1.807, 2.05) is 0 Å². The molecule has 0 saturated carbocycles. The van der Waals surface area contributed by atoms with Gasteiger partial charge in [-0.15, -0.1) is 0 Å². The molecule has 0 bridgehead atoms. The van der Waals surface area contributed by atoms with Gasteiger partial charge in [-0.05, 0) is 0 Å². The van der Waals surface area contributed by atoms with E-state index < -0.39 is 12.3 Å². The molecule has 0 radical (unpaired) electrons. The third kappa shape index (κ3) is 3.88. The number of hydrogen-bond donors (Lipinski definition) is 1. The van der Waals surface area contributed by atoms with Crippen LogP contribution in [0, 0.1) is 0 Å². The van der Waals surface area contributed by atoms with E-state index in [1.165, 1.54) is 19.3 Å². The summed E-state index contributed by atoms with van der Waals surface area (Å²) in [6.07, 6.45) is 1.11. The molecule has 1 amide bonds.